The highest BCUT2D eigenvalue weighted by atomic mass is 16.4. The second-order valence-corrected chi connectivity index (χ2v) is 4.95. The topological polar surface area (TPSA) is 118 Å². The van der Waals surface area contributed by atoms with Gasteiger partial charge in [0, 0.05) is 0 Å². The highest BCUT2D eigenvalue weighted by Gasteiger charge is 2.46. The number of carboxylic acids is 1. The lowest BCUT2D eigenvalue weighted by Crippen LogP contribution is -2.51. The van der Waals surface area contributed by atoms with Gasteiger partial charge in [0.25, 0.3) is 11.8 Å². The van der Waals surface area contributed by atoms with Crippen molar-refractivity contribution in [1.29, 1.82) is 0 Å². The number of carbonyl (C=O) groups is 4. The summed E-state index contributed by atoms with van der Waals surface area (Å²) in [5.74, 6) is -4.97. The summed E-state index contributed by atoms with van der Waals surface area (Å²) in [6.45, 7) is 2.93. The Labute approximate surface area is 120 Å². The number of amides is 3. The lowest BCUT2D eigenvalue weighted by molar-refractivity contribution is -0.145. The van der Waals surface area contributed by atoms with Crippen molar-refractivity contribution < 1.29 is 24.3 Å². The van der Waals surface area contributed by atoms with Crippen LogP contribution in [0.5, 0.6) is 0 Å². The first-order valence-corrected chi connectivity index (χ1v) is 6.27. The first-order valence-electron chi connectivity index (χ1n) is 6.27. The minimum absolute atomic E-state index is 0.142. The first kappa shape index (κ1) is 14.7. The number of aliphatic carboxylic acids is 1. The Morgan fingerprint density at radius 2 is 1.86 bits per heavy atom. The van der Waals surface area contributed by atoms with Crippen LogP contribution in [0.2, 0.25) is 0 Å². The highest BCUT2D eigenvalue weighted by molar-refractivity contribution is 6.23. The standard InChI is InChI=1S/C14H14N2O5/c1-6-4-3-5-8-9(6)13(19)16(12(8)18)10(14(20)21)7(2)11(15)17/h3-5,7,10H,1-2H3,(H2,15,17)(H,20,21). The SMILES string of the molecule is Cc1cccc2c1C(=O)N(C(C(=O)O)C(C)C(N)=O)C2=O. The van der Waals surface area contributed by atoms with E-state index in [1.165, 1.54) is 13.0 Å². The molecule has 1 aromatic carbocycles. The van der Waals surface area contributed by atoms with E-state index >= 15 is 0 Å². The molecule has 0 fully saturated rings. The summed E-state index contributed by atoms with van der Waals surface area (Å²) in [5, 5.41) is 9.28. The van der Waals surface area contributed by atoms with Crippen LogP contribution in [-0.2, 0) is 9.59 Å². The van der Waals surface area contributed by atoms with E-state index in [4.69, 9.17) is 5.73 Å². The quantitative estimate of drug-likeness (QED) is 0.766. The van der Waals surface area contributed by atoms with Gasteiger partial charge in [-0.15, -0.1) is 0 Å². The minimum atomic E-state index is -1.62. The van der Waals surface area contributed by atoms with Gasteiger partial charge in [-0.3, -0.25) is 19.3 Å². The van der Waals surface area contributed by atoms with Gasteiger partial charge in [-0.05, 0) is 18.6 Å². The van der Waals surface area contributed by atoms with E-state index in [-0.39, 0.29) is 11.1 Å². The Bertz CT molecular complexity index is 667. The molecule has 1 aliphatic heterocycles. The lowest BCUT2D eigenvalue weighted by Gasteiger charge is -2.25. The maximum absolute atomic E-state index is 12.4. The number of hydrogen-bond acceptors (Lipinski definition) is 4. The molecule has 0 aliphatic carbocycles. The van der Waals surface area contributed by atoms with Crippen LogP contribution in [0.25, 0.3) is 0 Å². The Kier molecular flexibility index (Phi) is 3.51. The molecular weight excluding hydrogens is 276 g/mol. The molecule has 3 amide bonds. The molecule has 110 valence electrons. The maximum atomic E-state index is 12.4. The van der Waals surface area contributed by atoms with Gasteiger partial charge in [-0.2, -0.15) is 0 Å². The second kappa shape index (κ2) is 5.01. The Morgan fingerprint density at radius 3 is 2.33 bits per heavy atom. The molecule has 0 bridgehead atoms. The van der Waals surface area contributed by atoms with Crippen LogP contribution in [0.1, 0.15) is 33.2 Å². The van der Waals surface area contributed by atoms with Gasteiger partial charge < -0.3 is 10.8 Å². The third-order valence-corrected chi connectivity index (χ3v) is 3.61. The Hall–Kier alpha value is -2.70. The second-order valence-electron chi connectivity index (χ2n) is 4.95. The molecule has 0 spiro atoms. The zero-order chi connectivity index (χ0) is 15.9. The molecular formula is C14H14N2O5. The zero-order valence-electron chi connectivity index (χ0n) is 11.5. The van der Waals surface area contributed by atoms with E-state index in [0.29, 0.717) is 10.5 Å². The molecule has 0 saturated carbocycles. The van der Waals surface area contributed by atoms with Crippen molar-refractivity contribution in [3.05, 3.63) is 34.9 Å². The average molecular weight is 290 g/mol. The highest BCUT2D eigenvalue weighted by Crippen LogP contribution is 2.29. The molecule has 1 aliphatic rings. The Balaban J connectivity index is 2.53. The maximum Gasteiger partial charge on any atom is 0.327 e. The van der Waals surface area contributed by atoms with E-state index in [9.17, 15) is 24.3 Å². The number of primary amides is 1. The van der Waals surface area contributed by atoms with Crippen LogP contribution in [-0.4, -0.2) is 39.7 Å². The Morgan fingerprint density at radius 1 is 1.24 bits per heavy atom. The van der Waals surface area contributed by atoms with Crippen molar-refractivity contribution in [2.75, 3.05) is 0 Å². The summed E-state index contributed by atoms with van der Waals surface area (Å²) < 4.78 is 0. The molecule has 7 heteroatoms. The van der Waals surface area contributed by atoms with Crippen LogP contribution in [0.15, 0.2) is 18.2 Å². The van der Waals surface area contributed by atoms with E-state index in [1.54, 1.807) is 19.1 Å². The molecule has 3 N–H and O–H groups in total. The molecule has 2 unspecified atom stereocenters. The smallest absolute Gasteiger partial charge is 0.327 e. The van der Waals surface area contributed by atoms with Crippen molar-refractivity contribution in [3.63, 3.8) is 0 Å². The van der Waals surface area contributed by atoms with Gasteiger partial charge in [0.05, 0.1) is 17.0 Å². The molecule has 0 radical (unpaired) electrons. The average Bonchev–Trinajstić information content (AvgIpc) is 2.64. The molecule has 1 aromatic rings. The van der Waals surface area contributed by atoms with Crippen LogP contribution >= 0.6 is 0 Å². The number of nitrogens with two attached hydrogens (primary N) is 1. The van der Waals surface area contributed by atoms with E-state index in [1.807, 2.05) is 0 Å². The summed E-state index contributed by atoms with van der Waals surface area (Å²) in [5.41, 5.74) is 6.00. The monoisotopic (exact) mass is 290 g/mol. The van der Waals surface area contributed by atoms with E-state index < -0.39 is 35.7 Å². The summed E-state index contributed by atoms with van der Waals surface area (Å²) in [6, 6.07) is 3.10. The number of hydrogen-bond donors (Lipinski definition) is 2. The first-order chi connectivity index (χ1) is 9.77. The van der Waals surface area contributed by atoms with Crippen molar-refractivity contribution in [2.24, 2.45) is 11.7 Å². The summed E-state index contributed by atoms with van der Waals surface area (Å²) in [6.07, 6.45) is 0. The summed E-state index contributed by atoms with van der Waals surface area (Å²) in [4.78, 5) is 48.0. The van der Waals surface area contributed by atoms with Crippen molar-refractivity contribution in [3.8, 4) is 0 Å². The fraction of sp³-hybridized carbons (Fsp3) is 0.286. The third-order valence-electron chi connectivity index (χ3n) is 3.61. The van der Waals surface area contributed by atoms with Crippen LogP contribution in [0, 0.1) is 12.8 Å². The fourth-order valence-electron chi connectivity index (χ4n) is 2.43. The van der Waals surface area contributed by atoms with Gasteiger partial charge in [0.15, 0.2) is 0 Å². The van der Waals surface area contributed by atoms with E-state index in [0.717, 1.165) is 0 Å². The predicted octanol–water partition coefficient (Wildman–Crippen LogP) is 0.166. The fourth-order valence-corrected chi connectivity index (χ4v) is 2.43. The van der Waals surface area contributed by atoms with E-state index in [2.05, 4.69) is 0 Å². The van der Waals surface area contributed by atoms with Gasteiger partial charge in [-0.1, -0.05) is 19.1 Å². The normalized spacial score (nSPS) is 16.6. The zero-order valence-corrected chi connectivity index (χ0v) is 11.5. The van der Waals surface area contributed by atoms with Gasteiger partial charge in [0.2, 0.25) is 5.91 Å². The third kappa shape index (κ3) is 2.16. The molecule has 21 heavy (non-hydrogen) atoms. The van der Waals surface area contributed by atoms with Gasteiger partial charge in [-0.25, -0.2) is 4.79 Å². The number of fused-ring (bicyclic) bond motifs is 1. The number of rotatable bonds is 4. The lowest BCUT2D eigenvalue weighted by atomic mass is 10.00. The number of nitrogens with zero attached hydrogens (tertiary/aromatic N) is 1. The van der Waals surface area contributed by atoms with Crippen molar-refractivity contribution >= 4 is 23.7 Å². The van der Waals surface area contributed by atoms with Gasteiger partial charge >= 0.3 is 5.97 Å². The predicted molar refractivity (Wildman–Crippen MR) is 71.5 cm³/mol. The summed E-state index contributed by atoms with van der Waals surface area (Å²) in [7, 11) is 0. The molecule has 2 rings (SSSR count). The number of imide groups is 1. The van der Waals surface area contributed by atoms with Crippen molar-refractivity contribution in [1.82, 2.24) is 4.90 Å². The van der Waals surface area contributed by atoms with Crippen molar-refractivity contribution in [2.45, 2.75) is 19.9 Å². The van der Waals surface area contributed by atoms with Crippen LogP contribution in [0.4, 0.5) is 0 Å². The number of benzene rings is 1. The molecule has 7 nitrogen and oxygen atoms in total. The molecule has 0 aromatic heterocycles. The molecule has 0 saturated heterocycles. The largest absolute Gasteiger partial charge is 0.480 e. The molecule has 1 heterocycles. The minimum Gasteiger partial charge on any atom is -0.480 e. The summed E-state index contributed by atoms with van der Waals surface area (Å²) >= 11 is 0. The number of carboxylic acid groups (broad SMARTS) is 1. The van der Waals surface area contributed by atoms with Crippen LogP contribution in [0.3, 0.4) is 0 Å². The number of carbonyl (C=O) groups excluding carboxylic acids is 3. The van der Waals surface area contributed by atoms with Crippen LogP contribution < -0.4 is 5.73 Å². The molecule has 2 atom stereocenters. The number of aryl methyl sites for hydroxylation is 1. The van der Waals surface area contributed by atoms with Gasteiger partial charge in [0.1, 0.15) is 6.04 Å².